The van der Waals surface area contributed by atoms with E-state index in [4.69, 9.17) is 4.74 Å². The van der Waals surface area contributed by atoms with Gasteiger partial charge in [0, 0.05) is 24.3 Å². The van der Waals surface area contributed by atoms with Crippen molar-refractivity contribution >= 4 is 17.6 Å². The Morgan fingerprint density at radius 1 is 0.861 bits per heavy atom. The van der Waals surface area contributed by atoms with Crippen LogP contribution in [-0.2, 0) is 27.3 Å². The number of hydrogen-bond acceptors (Lipinski definition) is 5. The van der Waals surface area contributed by atoms with E-state index in [1.807, 2.05) is 78.9 Å². The highest BCUT2D eigenvalue weighted by molar-refractivity contribution is 6.10. The second-order valence-electron chi connectivity index (χ2n) is 8.00. The van der Waals surface area contributed by atoms with Crippen LogP contribution in [0.15, 0.2) is 120 Å². The summed E-state index contributed by atoms with van der Waals surface area (Å²) in [5, 5.41) is 12.9. The molecule has 0 saturated heterocycles. The predicted molar refractivity (Wildman–Crippen MR) is 141 cm³/mol. The summed E-state index contributed by atoms with van der Waals surface area (Å²) in [6, 6.07) is 28.1. The van der Waals surface area contributed by atoms with Crippen molar-refractivity contribution in [2.75, 3.05) is 6.61 Å². The van der Waals surface area contributed by atoms with E-state index in [9.17, 15) is 14.8 Å². The standard InChI is InChI=1S/C30H30N2O4/c1-2-36-30(34)21-18-27(22-24-12-6-3-7-13-24)32(23-25-14-8-4-9-15-25)29(33)20-19-28(31-35)26-16-10-5-11-17-26/h3-21,27,35H,2,22-23H2,1H3/b20-19+,21-18+,31-28?/t27-/m1/s1. The fourth-order valence-corrected chi connectivity index (χ4v) is 3.70. The summed E-state index contributed by atoms with van der Waals surface area (Å²) in [5.41, 5.74) is 2.92. The Bertz CT molecular complexity index is 1190. The summed E-state index contributed by atoms with van der Waals surface area (Å²) >= 11 is 0. The van der Waals surface area contributed by atoms with Crippen LogP contribution in [0.5, 0.6) is 0 Å². The highest BCUT2D eigenvalue weighted by atomic mass is 16.5. The van der Waals surface area contributed by atoms with Crippen molar-refractivity contribution in [2.24, 2.45) is 5.16 Å². The van der Waals surface area contributed by atoms with Crippen molar-refractivity contribution in [2.45, 2.75) is 25.9 Å². The van der Waals surface area contributed by atoms with Gasteiger partial charge in [0.1, 0.15) is 5.71 Å². The van der Waals surface area contributed by atoms with Crippen molar-refractivity contribution in [1.82, 2.24) is 4.90 Å². The van der Waals surface area contributed by atoms with E-state index in [0.717, 1.165) is 11.1 Å². The summed E-state index contributed by atoms with van der Waals surface area (Å²) in [5.74, 6) is -0.748. The molecule has 0 aliphatic carbocycles. The van der Waals surface area contributed by atoms with Crippen LogP contribution in [-0.4, -0.2) is 40.3 Å². The number of carbonyl (C=O) groups is 2. The van der Waals surface area contributed by atoms with Crippen LogP contribution < -0.4 is 0 Å². The summed E-state index contributed by atoms with van der Waals surface area (Å²) in [6.45, 7) is 2.34. The summed E-state index contributed by atoms with van der Waals surface area (Å²) in [4.78, 5) is 27.3. The molecule has 0 radical (unpaired) electrons. The normalized spacial score (nSPS) is 12.5. The monoisotopic (exact) mass is 482 g/mol. The first-order valence-electron chi connectivity index (χ1n) is 11.8. The zero-order valence-corrected chi connectivity index (χ0v) is 20.2. The van der Waals surface area contributed by atoms with Gasteiger partial charge in [-0.1, -0.05) is 102 Å². The molecule has 1 amide bonds. The van der Waals surface area contributed by atoms with Gasteiger partial charge in [0.25, 0.3) is 0 Å². The van der Waals surface area contributed by atoms with Crippen LogP contribution in [0.3, 0.4) is 0 Å². The predicted octanol–water partition coefficient (Wildman–Crippen LogP) is 5.18. The minimum absolute atomic E-state index is 0.269. The minimum atomic E-state index is -0.461. The topological polar surface area (TPSA) is 79.2 Å². The van der Waals surface area contributed by atoms with Gasteiger partial charge in [-0.2, -0.15) is 0 Å². The van der Waals surface area contributed by atoms with Crippen LogP contribution in [0.25, 0.3) is 0 Å². The van der Waals surface area contributed by atoms with Crippen LogP contribution in [0, 0.1) is 0 Å². The van der Waals surface area contributed by atoms with Crippen molar-refractivity contribution in [3.05, 3.63) is 132 Å². The molecule has 1 atom stereocenters. The van der Waals surface area contributed by atoms with Gasteiger partial charge in [0.15, 0.2) is 0 Å². The van der Waals surface area contributed by atoms with E-state index in [0.29, 0.717) is 18.5 Å². The van der Waals surface area contributed by atoms with E-state index in [-0.39, 0.29) is 18.2 Å². The number of nitrogens with zero attached hydrogens (tertiary/aromatic N) is 2. The van der Waals surface area contributed by atoms with Gasteiger partial charge in [-0.15, -0.1) is 0 Å². The van der Waals surface area contributed by atoms with Gasteiger partial charge in [0.05, 0.1) is 12.6 Å². The summed E-state index contributed by atoms with van der Waals surface area (Å²) in [7, 11) is 0. The Balaban J connectivity index is 1.94. The molecular formula is C30H30N2O4. The van der Waals surface area contributed by atoms with Crippen LogP contribution in [0.1, 0.15) is 23.6 Å². The van der Waals surface area contributed by atoms with E-state index in [1.54, 1.807) is 30.0 Å². The lowest BCUT2D eigenvalue weighted by molar-refractivity contribution is -0.137. The second-order valence-corrected chi connectivity index (χ2v) is 8.00. The fraction of sp³-hybridized carbons (Fsp3) is 0.167. The first-order valence-corrected chi connectivity index (χ1v) is 11.8. The number of allylic oxidation sites excluding steroid dienone is 1. The molecule has 184 valence electrons. The molecule has 0 bridgehead atoms. The van der Waals surface area contributed by atoms with Gasteiger partial charge in [-0.25, -0.2) is 4.79 Å². The minimum Gasteiger partial charge on any atom is -0.463 e. The van der Waals surface area contributed by atoms with E-state index >= 15 is 0 Å². The maximum Gasteiger partial charge on any atom is 0.330 e. The highest BCUT2D eigenvalue weighted by Crippen LogP contribution is 2.16. The third-order valence-corrected chi connectivity index (χ3v) is 5.47. The van der Waals surface area contributed by atoms with Crippen LogP contribution >= 0.6 is 0 Å². The third kappa shape index (κ3) is 8.09. The third-order valence-electron chi connectivity index (χ3n) is 5.47. The van der Waals surface area contributed by atoms with Crippen molar-refractivity contribution < 1.29 is 19.5 Å². The van der Waals surface area contributed by atoms with E-state index in [1.165, 1.54) is 18.2 Å². The Morgan fingerprint density at radius 3 is 2.03 bits per heavy atom. The molecule has 0 aliphatic rings. The van der Waals surface area contributed by atoms with E-state index in [2.05, 4.69) is 5.16 Å². The maximum atomic E-state index is 13.6. The van der Waals surface area contributed by atoms with Gasteiger partial charge in [0.2, 0.25) is 5.91 Å². The number of hydrogen-bond donors (Lipinski definition) is 1. The molecule has 0 saturated carbocycles. The molecule has 3 aromatic rings. The number of rotatable bonds is 11. The van der Waals surface area contributed by atoms with Crippen molar-refractivity contribution in [3.63, 3.8) is 0 Å². The maximum absolute atomic E-state index is 13.6. The smallest absolute Gasteiger partial charge is 0.330 e. The molecule has 36 heavy (non-hydrogen) atoms. The molecule has 3 aromatic carbocycles. The fourth-order valence-electron chi connectivity index (χ4n) is 3.70. The first kappa shape index (κ1) is 26.2. The molecule has 0 fully saturated rings. The zero-order valence-electron chi connectivity index (χ0n) is 20.2. The molecule has 0 unspecified atom stereocenters. The van der Waals surface area contributed by atoms with Crippen LogP contribution in [0.2, 0.25) is 0 Å². The number of esters is 1. The molecule has 3 rings (SSSR count). The molecular weight excluding hydrogens is 452 g/mol. The molecule has 6 nitrogen and oxygen atoms in total. The van der Waals surface area contributed by atoms with Gasteiger partial charge < -0.3 is 14.8 Å². The van der Waals surface area contributed by atoms with Crippen molar-refractivity contribution in [3.8, 4) is 0 Å². The molecule has 1 N–H and O–H groups in total. The van der Waals surface area contributed by atoms with E-state index < -0.39 is 12.0 Å². The molecule has 0 aliphatic heterocycles. The Hall–Kier alpha value is -4.45. The van der Waals surface area contributed by atoms with Gasteiger partial charge >= 0.3 is 5.97 Å². The van der Waals surface area contributed by atoms with Crippen molar-refractivity contribution in [1.29, 1.82) is 0 Å². The SMILES string of the molecule is CCOC(=O)/C=C/[C@H](Cc1ccccc1)N(Cc1ccccc1)C(=O)/C=C/C(=NO)c1ccccc1. The lowest BCUT2D eigenvalue weighted by atomic mass is 10.0. The Labute approximate surface area is 211 Å². The summed E-state index contributed by atoms with van der Waals surface area (Å²) in [6.07, 6.45) is 6.46. The van der Waals surface area contributed by atoms with Gasteiger partial charge in [-0.05, 0) is 30.5 Å². The average Bonchev–Trinajstić information content (AvgIpc) is 2.92. The molecule has 0 aromatic heterocycles. The van der Waals surface area contributed by atoms with Crippen LogP contribution in [0.4, 0.5) is 0 Å². The largest absolute Gasteiger partial charge is 0.463 e. The number of amides is 1. The quantitative estimate of drug-likeness (QED) is 0.134. The lowest BCUT2D eigenvalue weighted by Crippen LogP contribution is -2.39. The number of oxime groups is 1. The number of benzene rings is 3. The summed E-state index contributed by atoms with van der Waals surface area (Å²) < 4.78 is 5.06. The first-order chi connectivity index (χ1) is 17.6. The molecule has 0 spiro atoms. The second kappa shape index (κ2) is 14.1. The Kier molecular flexibility index (Phi) is 10.2. The highest BCUT2D eigenvalue weighted by Gasteiger charge is 2.22. The number of ether oxygens (including phenoxy) is 1. The Morgan fingerprint density at radius 2 is 1.44 bits per heavy atom. The average molecular weight is 483 g/mol. The molecule has 6 heteroatoms. The zero-order chi connectivity index (χ0) is 25.6. The lowest BCUT2D eigenvalue weighted by Gasteiger charge is -2.29. The molecule has 0 heterocycles. The number of carbonyl (C=O) groups excluding carboxylic acids is 2. The van der Waals surface area contributed by atoms with Gasteiger partial charge in [-0.3, -0.25) is 4.79 Å².